The van der Waals surface area contributed by atoms with E-state index < -0.39 is 0 Å². The summed E-state index contributed by atoms with van der Waals surface area (Å²) in [6.07, 6.45) is 1.90. The molecule has 80 heavy (non-hydrogen) atoms. The van der Waals surface area contributed by atoms with Crippen LogP contribution in [0.15, 0.2) is 158 Å². The minimum Gasteiger partial charge on any atom is -0.494 e. The fraction of sp³-hybridized carbons (Fsp3) is 0.324. The molecule has 0 aliphatic carbocycles. The maximum Gasteiger partial charge on any atom is 0.120 e. The van der Waals surface area contributed by atoms with Crippen molar-refractivity contribution < 1.29 is 42.1 Å². The number of rotatable bonds is 14. The van der Waals surface area contributed by atoms with Gasteiger partial charge in [0.1, 0.15) is 51.7 Å². The van der Waals surface area contributed by atoms with Crippen molar-refractivity contribution in [3.8, 4) is 29.4 Å². The molecule has 0 N–H and O–H groups in total. The molecule has 0 unspecified atom stereocenters. The molecule has 0 spiro atoms. The van der Waals surface area contributed by atoms with Crippen LogP contribution in [-0.4, -0.2) is 128 Å². The zero-order chi connectivity index (χ0) is 54.4. The normalized spacial score (nSPS) is 18.3. The molecule has 0 radical (unpaired) electrons. The van der Waals surface area contributed by atoms with Gasteiger partial charge >= 0.3 is 0 Å². The van der Waals surface area contributed by atoms with Gasteiger partial charge in [0.15, 0.2) is 0 Å². The van der Waals surface area contributed by atoms with E-state index in [1.165, 1.54) is 70.2 Å². The molecule has 408 valence electrons. The van der Waals surface area contributed by atoms with Gasteiger partial charge in [0.25, 0.3) is 0 Å². The SMILES string of the molecule is C[N+]1(CCCCOc2cc(COCC#Cc3ccc4ccc5cccc6ccc3c4c56)cc(COCC#Cc3ccc4ccc5cccc6ccc3c4c56)c2)CCOCCOCC[N+](C)(Cc2ccccc2)CCOCCOCC1. The summed E-state index contributed by atoms with van der Waals surface area (Å²) in [5.41, 5.74) is 5.34. The van der Waals surface area contributed by atoms with E-state index in [2.05, 4.69) is 196 Å². The highest BCUT2D eigenvalue weighted by atomic mass is 16.5. The van der Waals surface area contributed by atoms with E-state index in [0.29, 0.717) is 85.9 Å². The minimum absolute atomic E-state index is 0.292. The summed E-state index contributed by atoms with van der Waals surface area (Å²) in [6.45, 7) is 12.5. The van der Waals surface area contributed by atoms with Gasteiger partial charge in [-0.3, -0.25) is 0 Å². The molecule has 1 fully saturated rings. The molecule has 0 bridgehead atoms. The van der Waals surface area contributed by atoms with E-state index in [4.69, 9.17) is 33.2 Å². The summed E-state index contributed by atoms with van der Waals surface area (Å²) in [5, 5.41) is 14.9. The van der Waals surface area contributed by atoms with Crippen molar-refractivity contribution >= 4 is 64.6 Å². The van der Waals surface area contributed by atoms with Crippen molar-refractivity contribution in [2.24, 2.45) is 0 Å². The minimum atomic E-state index is 0.292. The van der Waals surface area contributed by atoms with Crippen molar-refractivity contribution in [2.45, 2.75) is 32.6 Å². The quantitative estimate of drug-likeness (QED) is 0.0465. The molecule has 0 saturated carbocycles. The third kappa shape index (κ3) is 13.7. The number of nitrogens with zero attached hydrogens (tertiary/aromatic N) is 2. The lowest BCUT2D eigenvalue weighted by Gasteiger charge is -2.35. The predicted octanol–water partition coefficient (Wildman–Crippen LogP) is 13.0. The van der Waals surface area contributed by atoms with E-state index in [1.807, 2.05) is 0 Å². The summed E-state index contributed by atoms with van der Waals surface area (Å²) in [6, 6.07) is 56.2. The molecule has 1 aliphatic rings. The lowest BCUT2D eigenvalue weighted by atomic mass is 9.92. The van der Waals surface area contributed by atoms with Crippen LogP contribution in [0.2, 0.25) is 0 Å². The molecule has 10 aromatic rings. The fourth-order valence-corrected chi connectivity index (χ4v) is 11.6. The van der Waals surface area contributed by atoms with Gasteiger partial charge < -0.3 is 42.1 Å². The summed E-state index contributed by atoms with van der Waals surface area (Å²) in [5.74, 6) is 14.3. The lowest BCUT2D eigenvalue weighted by molar-refractivity contribution is -0.923. The molecular formula is C71H74N2O7+2. The van der Waals surface area contributed by atoms with E-state index in [1.54, 1.807) is 0 Å². The Hall–Kier alpha value is -7.12. The van der Waals surface area contributed by atoms with Gasteiger partial charge in [-0.15, -0.1) is 0 Å². The summed E-state index contributed by atoms with van der Waals surface area (Å²) in [4.78, 5) is 0. The predicted molar refractivity (Wildman–Crippen MR) is 325 cm³/mol. The van der Waals surface area contributed by atoms with E-state index in [-0.39, 0.29) is 0 Å². The summed E-state index contributed by atoms with van der Waals surface area (Å²) < 4.78 is 45.3. The Morgan fingerprint density at radius 1 is 0.412 bits per heavy atom. The maximum absolute atomic E-state index is 6.53. The van der Waals surface area contributed by atoms with Crippen LogP contribution in [0.25, 0.3) is 64.6 Å². The molecular weight excluding hydrogens is 993 g/mol. The van der Waals surface area contributed by atoms with Crippen molar-refractivity contribution in [3.05, 3.63) is 186 Å². The van der Waals surface area contributed by atoms with Gasteiger partial charge in [-0.25, -0.2) is 0 Å². The number of ether oxygens (including phenoxy) is 7. The summed E-state index contributed by atoms with van der Waals surface area (Å²) >= 11 is 0. The fourth-order valence-electron chi connectivity index (χ4n) is 11.6. The molecule has 1 saturated heterocycles. The first-order valence-corrected chi connectivity index (χ1v) is 28.6. The second-order valence-corrected chi connectivity index (χ2v) is 22.0. The van der Waals surface area contributed by atoms with Crippen LogP contribution in [0.3, 0.4) is 0 Å². The Morgan fingerprint density at radius 2 is 0.850 bits per heavy atom. The Balaban J connectivity index is 0.704. The van der Waals surface area contributed by atoms with Crippen molar-refractivity contribution in [1.29, 1.82) is 0 Å². The molecule has 11 rings (SSSR count). The van der Waals surface area contributed by atoms with Crippen LogP contribution in [0, 0.1) is 23.7 Å². The van der Waals surface area contributed by atoms with Crippen LogP contribution >= 0.6 is 0 Å². The largest absolute Gasteiger partial charge is 0.494 e. The molecule has 9 heteroatoms. The van der Waals surface area contributed by atoms with E-state index >= 15 is 0 Å². The number of quaternary nitrogens is 2. The van der Waals surface area contributed by atoms with E-state index in [0.717, 1.165) is 89.1 Å². The lowest BCUT2D eigenvalue weighted by Crippen LogP contribution is -2.49. The van der Waals surface area contributed by atoms with Crippen molar-refractivity contribution in [3.63, 3.8) is 0 Å². The second-order valence-electron chi connectivity index (χ2n) is 22.0. The standard InChI is InChI=1S/C71H74N2O7/c1-72(33-40-74-44-46-76-42-35-73(2,51-54-12-4-3-5-13-54)36-43-77-47-45-75-41-34-72)32-6-7-39-80-65-49-55(52-78-37-10-18-57-20-22-63-26-24-59-14-8-16-61-28-30-66(57)70(63)68(59)61)48-56(50-65)53-79-38-11-19-58-21-23-64-27-25-60-15-9-17-62-29-31-67(58)71(64)69(60)62/h3-5,8-9,12-17,20-31,48-50H,6-7,32-47,51-53H2,1-2H3/q+2. The number of likely N-dealkylation sites (N-methyl/N-ethyl adjacent to an activating group) is 2. The first kappa shape index (κ1) is 54.8. The molecule has 0 amide bonds. The highest BCUT2D eigenvalue weighted by molar-refractivity contribution is 6.25. The average Bonchev–Trinajstić information content (AvgIpc) is 3.64. The Labute approximate surface area is 471 Å². The van der Waals surface area contributed by atoms with E-state index in [9.17, 15) is 0 Å². The van der Waals surface area contributed by atoms with Crippen LogP contribution in [0.1, 0.15) is 40.7 Å². The Kier molecular flexibility index (Phi) is 18.1. The van der Waals surface area contributed by atoms with Gasteiger partial charge in [-0.1, -0.05) is 157 Å². The molecule has 0 aromatic heterocycles. The molecule has 9 nitrogen and oxygen atoms in total. The Bertz CT molecular complexity index is 3540. The monoisotopic (exact) mass is 1070 g/mol. The number of hydrogen-bond donors (Lipinski definition) is 0. The molecule has 10 aromatic carbocycles. The van der Waals surface area contributed by atoms with Crippen LogP contribution < -0.4 is 4.74 Å². The first-order chi connectivity index (χ1) is 39.4. The van der Waals surface area contributed by atoms with Gasteiger partial charge in [-0.2, -0.15) is 0 Å². The zero-order valence-electron chi connectivity index (χ0n) is 46.6. The smallest absolute Gasteiger partial charge is 0.120 e. The Morgan fingerprint density at radius 3 is 1.34 bits per heavy atom. The van der Waals surface area contributed by atoms with Gasteiger partial charge in [0.2, 0.25) is 0 Å². The van der Waals surface area contributed by atoms with Crippen LogP contribution in [-0.2, 0) is 48.2 Å². The summed E-state index contributed by atoms with van der Waals surface area (Å²) in [7, 11) is 4.60. The number of benzene rings is 10. The highest BCUT2D eigenvalue weighted by Crippen LogP contribution is 2.37. The topological polar surface area (TPSA) is 64.6 Å². The maximum atomic E-state index is 6.53. The first-order valence-electron chi connectivity index (χ1n) is 28.6. The van der Waals surface area contributed by atoms with Gasteiger partial charge in [0, 0.05) is 16.7 Å². The average molecular weight is 1070 g/mol. The molecule has 0 atom stereocenters. The van der Waals surface area contributed by atoms with Gasteiger partial charge in [-0.05, 0) is 113 Å². The second kappa shape index (κ2) is 26.4. The molecule has 1 heterocycles. The number of unbranched alkanes of at least 4 members (excludes halogenated alkanes) is 1. The van der Waals surface area contributed by atoms with Crippen molar-refractivity contribution in [2.75, 3.05) is 119 Å². The highest BCUT2D eigenvalue weighted by Gasteiger charge is 2.24. The third-order valence-electron chi connectivity index (χ3n) is 16.0. The van der Waals surface area contributed by atoms with Crippen LogP contribution in [0.5, 0.6) is 5.75 Å². The van der Waals surface area contributed by atoms with Crippen LogP contribution in [0.4, 0.5) is 0 Å². The zero-order valence-corrected chi connectivity index (χ0v) is 46.6. The van der Waals surface area contributed by atoms with Gasteiger partial charge in [0.05, 0.1) is 93.3 Å². The van der Waals surface area contributed by atoms with Crippen molar-refractivity contribution in [1.82, 2.24) is 0 Å². The number of hydrogen-bond acceptors (Lipinski definition) is 7. The third-order valence-corrected chi connectivity index (χ3v) is 16.0. The molecule has 1 aliphatic heterocycles.